The summed E-state index contributed by atoms with van der Waals surface area (Å²) in [7, 11) is 0. The number of carbonyl (C=O) groups is 1. The molecule has 0 unspecified atom stereocenters. The molecule has 7 nitrogen and oxygen atoms in total. The van der Waals surface area contributed by atoms with Gasteiger partial charge in [-0.05, 0) is 37.6 Å². The van der Waals surface area contributed by atoms with E-state index in [1.54, 1.807) is 31.2 Å². The van der Waals surface area contributed by atoms with Gasteiger partial charge in [0.1, 0.15) is 5.01 Å². The lowest BCUT2D eigenvalue weighted by molar-refractivity contribution is 0.101. The Bertz CT molecular complexity index is 1030. The van der Waals surface area contributed by atoms with Gasteiger partial charge < -0.3 is 0 Å². The van der Waals surface area contributed by atoms with E-state index in [1.807, 2.05) is 0 Å². The fourth-order valence-electron chi connectivity index (χ4n) is 2.64. The summed E-state index contributed by atoms with van der Waals surface area (Å²) in [5.74, 6) is -0.607. The van der Waals surface area contributed by atoms with Gasteiger partial charge in [-0.3, -0.25) is 14.9 Å². The minimum absolute atomic E-state index is 0.205. The van der Waals surface area contributed by atoms with Crippen molar-refractivity contribution in [3.05, 3.63) is 62.0 Å². The van der Waals surface area contributed by atoms with E-state index < -0.39 is 11.3 Å². The Morgan fingerprint density at radius 1 is 1.21 bits per heavy atom. The second-order valence-electron chi connectivity index (χ2n) is 6.30. The second kappa shape index (κ2) is 9.07. The molecule has 146 valence electrons. The summed E-state index contributed by atoms with van der Waals surface area (Å²) in [6, 6.07) is 8.35. The summed E-state index contributed by atoms with van der Waals surface area (Å²) in [6.45, 7) is 3.88. The van der Waals surface area contributed by atoms with Crippen molar-refractivity contribution in [2.24, 2.45) is 0 Å². The van der Waals surface area contributed by atoms with Gasteiger partial charge >= 0.3 is 0 Å². The SMILES string of the molecule is CCCCCc1nnc(NC(=O)c2nn(-c3ccc(Cl)cc3)c(C)cc2=O)s1. The monoisotopic (exact) mass is 417 g/mol. The topological polar surface area (TPSA) is 89.8 Å². The van der Waals surface area contributed by atoms with Crippen molar-refractivity contribution in [1.82, 2.24) is 20.0 Å². The minimum atomic E-state index is -0.607. The van der Waals surface area contributed by atoms with Gasteiger partial charge in [0.05, 0.1) is 5.69 Å². The van der Waals surface area contributed by atoms with Crippen molar-refractivity contribution in [3.63, 3.8) is 0 Å². The van der Waals surface area contributed by atoms with E-state index in [0.717, 1.165) is 30.7 Å². The minimum Gasteiger partial charge on any atom is -0.295 e. The molecule has 2 aromatic heterocycles. The Kier molecular flexibility index (Phi) is 6.53. The molecule has 0 fully saturated rings. The predicted octanol–water partition coefficient (Wildman–Crippen LogP) is 4.03. The van der Waals surface area contributed by atoms with Gasteiger partial charge in [0.15, 0.2) is 5.69 Å². The summed E-state index contributed by atoms with van der Waals surface area (Å²) in [4.78, 5) is 24.9. The van der Waals surface area contributed by atoms with Crippen LogP contribution in [0.4, 0.5) is 5.13 Å². The van der Waals surface area contributed by atoms with Crippen LogP contribution >= 0.6 is 22.9 Å². The van der Waals surface area contributed by atoms with Crippen LogP contribution in [0.3, 0.4) is 0 Å². The zero-order valence-corrected chi connectivity index (χ0v) is 17.2. The Morgan fingerprint density at radius 2 is 1.96 bits per heavy atom. The summed E-state index contributed by atoms with van der Waals surface area (Å²) in [5, 5.41) is 16.7. The third-order valence-corrected chi connectivity index (χ3v) is 5.23. The van der Waals surface area contributed by atoms with Crippen LogP contribution in [-0.4, -0.2) is 25.9 Å². The summed E-state index contributed by atoms with van der Waals surface area (Å²) in [6.07, 6.45) is 4.11. The molecule has 0 aliphatic heterocycles. The maximum absolute atomic E-state index is 12.6. The molecule has 0 atom stereocenters. The first kappa shape index (κ1) is 20.2. The Hall–Kier alpha value is -2.58. The van der Waals surface area contributed by atoms with Gasteiger partial charge in [-0.1, -0.05) is 42.7 Å². The highest BCUT2D eigenvalue weighted by atomic mass is 35.5. The molecule has 1 N–H and O–H groups in total. The van der Waals surface area contributed by atoms with E-state index in [-0.39, 0.29) is 5.69 Å². The average Bonchev–Trinajstić information content (AvgIpc) is 3.10. The molecule has 2 heterocycles. The lowest BCUT2D eigenvalue weighted by atomic mass is 10.2. The number of rotatable bonds is 7. The van der Waals surface area contributed by atoms with Gasteiger partial charge in [-0.2, -0.15) is 5.10 Å². The number of halogens is 1. The lowest BCUT2D eigenvalue weighted by Gasteiger charge is -2.11. The number of hydrogen-bond donors (Lipinski definition) is 1. The Labute approximate surface area is 171 Å². The van der Waals surface area contributed by atoms with Crippen LogP contribution in [0.25, 0.3) is 5.69 Å². The molecule has 0 radical (unpaired) electrons. The molecule has 28 heavy (non-hydrogen) atoms. The van der Waals surface area contributed by atoms with Crippen molar-refractivity contribution >= 4 is 34.0 Å². The predicted molar refractivity (Wildman–Crippen MR) is 111 cm³/mol. The summed E-state index contributed by atoms with van der Waals surface area (Å²) in [5.41, 5.74) is 0.652. The number of carbonyl (C=O) groups excluding carboxylic acids is 1. The van der Waals surface area contributed by atoms with Gasteiger partial charge in [0.2, 0.25) is 10.6 Å². The molecular weight excluding hydrogens is 398 g/mol. The van der Waals surface area contributed by atoms with E-state index in [4.69, 9.17) is 11.6 Å². The average molecular weight is 418 g/mol. The first-order chi connectivity index (χ1) is 13.5. The first-order valence-electron chi connectivity index (χ1n) is 8.98. The molecular formula is C19H20ClN5O2S. The largest absolute Gasteiger partial charge is 0.295 e. The van der Waals surface area contributed by atoms with E-state index in [1.165, 1.54) is 22.1 Å². The van der Waals surface area contributed by atoms with Gasteiger partial charge in [-0.15, -0.1) is 10.2 Å². The zero-order chi connectivity index (χ0) is 20.1. The molecule has 0 bridgehead atoms. The lowest BCUT2D eigenvalue weighted by Crippen LogP contribution is -2.26. The summed E-state index contributed by atoms with van der Waals surface area (Å²) < 4.78 is 1.53. The van der Waals surface area contributed by atoms with E-state index in [9.17, 15) is 9.59 Å². The Morgan fingerprint density at radius 3 is 2.68 bits per heavy atom. The third kappa shape index (κ3) is 4.82. The molecule has 0 saturated carbocycles. The number of amides is 1. The normalized spacial score (nSPS) is 10.8. The number of anilines is 1. The number of hydrogen-bond acceptors (Lipinski definition) is 6. The Balaban J connectivity index is 1.81. The smallest absolute Gasteiger partial charge is 0.282 e. The van der Waals surface area contributed by atoms with Crippen molar-refractivity contribution in [3.8, 4) is 5.69 Å². The fourth-order valence-corrected chi connectivity index (χ4v) is 3.54. The van der Waals surface area contributed by atoms with Crippen LogP contribution < -0.4 is 10.7 Å². The van der Waals surface area contributed by atoms with E-state index in [0.29, 0.717) is 21.5 Å². The highest BCUT2D eigenvalue weighted by molar-refractivity contribution is 7.15. The van der Waals surface area contributed by atoms with Crippen LogP contribution in [-0.2, 0) is 6.42 Å². The molecule has 1 aromatic carbocycles. The zero-order valence-electron chi connectivity index (χ0n) is 15.6. The number of unbranched alkanes of at least 4 members (excludes halogenated alkanes) is 2. The molecule has 3 rings (SSSR count). The first-order valence-corrected chi connectivity index (χ1v) is 10.2. The van der Waals surface area contributed by atoms with Crippen LogP contribution in [0.2, 0.25) is 5.02 Å². The van der Waals surface area contributed by atoms with Gasteiger partial charge in [0.25, 0.3) is 5.91 Å². The highest BCUT2D eigenvalue weighted by Gasteiger charge is 2.17. The van der Waals surface area contributed by atoms with Crippen LogP contribution in [0.5, 0.6) is 0 Å². The quantitative estimate of drug-likeness (QED) is 0.586. The van der Waals surface area contributed by atoms with Crippen molar-refractivity contribution in [2.45, 2.75) is 39.5 Å². The summed E-state index contributed by atoms with van der Waals surface area (Å²) >= 11 is 7.23. The molecule has 3 aromatic rings. The number of nitrogens with zero attached hydrogens (tertiary/aromatic N) is 4. The number of aryl methyl sites for hydroxylation is 2. The van der Waals surface area contributed by atoms with Gasteiger partial charge in [0, 0.05) is 23.2 Å². The third-order valence-electron chi connectivity index (χ3n) is 4.08. The standard InChI is InChI=1S/C19H20ClN5O2S/c1-3-4-5-6-16-22-23-19(28-16)21-18(27)17-15(26)11-12(2)25(24-17)14-9-7-13(20)8-10-14/h7-11H,3-6H2,1-2H3,(H,21,23,27). The molecule has 0 spiro atoms. The van der Waals surface area contributed by atoms with Crippen molar-refractivity contribution in [2.75, 3.05) is 5.32 Å². The molecule has 0 aliphatic rings. The number of nitrogens with one attached hydrogen (secondary N) is 1. The van der Waals surface area contributed by atoms with Crippen molar-refractivity contribution in [1.29, 1.82) is 0 Å². The molecule has 1 amide bonds. The number of aromatic nitrogens is 4. The van der Waals surface area contributed by atoms with Crippen LogP contribution in [0, 0.1) is 6.92 Å². The van der Waals surface area contributed by atoms with Crippen LogP contribution in [0.1, 0.15) is 47.4 Å². The maximum atomic E-state index is 12.6. The van der Waals surface area contributed by atoms with Crippen molar-refractivity contribution < 1.29 is 4.79 Å². The van der Waals surface area contributed by atoms with E-state index in [2.05, 4.69) is 27.5 Å². The molecule has 0 aliphatic carbocycles. The molecule has 0 saturated heterocycles. The fraction of sp³-hybridized carbons (Fsp3) is 0.316. The number of benzene rings is 1. The van der Waals surface area contributed by atoms with Crippen LogP contribution in [0.15, 0.2) is 35.1 Å². The maximum Gasteiger partial charge on any atom is 0.282 e. The highest BCUT2D eigenvalue weighted by Crippen LogP contribution is 2.18. The van der Waals surface area contributed by atoms with E-state index >= 15 is 0 Å². The molecule has 9 heteroatoms. The second-order valence-corrected chi connectivity index (χ2v) is 7.80. The van der Waals surface area contributed by atoms with Gasteiger partial charge in [-0.25, -0.2) is 4.68 Å².